The summed E-state index contributed by atoms with van der Waals surface area (Å²) >= 11 is 0. The maximum absolute atomic E-state index is 13.6. The molecule has 0 radical (unpaired) electrons. The maximum atomic E-state index is 13.6. The average molecular weight is 499 g/mol. The van der Waals surface area contributed by atoms with Gasteiger partial charge in [-0.2, -0.15) is 13.2 Å². The van der Waals surface area contributed by atoms with Crippen LogP contribution in [-0.2, 0) is 12.7 Å². The summed E-state index contributed by atoms with van der Waals surface area (Å²) in [4.78, 5) is 14.3. The van der Waals surface area contributed by atoms with E-state index in [0.29, 0.717) is 36.0 Å². The molecular weight excluding hydrogens is 472 g/mol. The van der Waals surface area contributed by atoms with Crippen molar-refractivity contribution in [1.82, 2.24) is 9.47 Å². The summed E-state index contributed by atoms with van der Waals surface area (Å²) in [6, 6.07) is 15.6. The first-order chi connectivity index (χ1) is 17.1. The Morgan fingerprint density at radius 1 is 0.972 bits per heavy atom. The van der Waals surface area contributed by atoms with Crippen molar-refractivity contribution in [1.29, 1.82) is 0 Å². The Hall–Kier alpha value is -3.81. The van der Waals surface area contributed by atoms with Gasteiger partial charge >= 0.3 is 12.3 Å². The lowest BCUT2D eigenvalue weighted by molar-refractivity contribution is -0.138. The van der Waals surface area contributed by atoms with Gasteiger partial charge in [0, 0.05) is 42.3 Å². The summed E-state index contributed by atoms with van der Waals surface area (Å²) in [5.74, 6) is -0.580. The van der Waals surface area contributed by atoms with E-state index < -0.39 is 23.7 Å². The van der Waals surface area contributed by atoms with Crippen LogP contribution in [0.3, 0.4) is 0 Å². The molecule has 4 aromatic rings. The van der Waals surface area contributed by atoms with Crippen molar-refractivity contribution < 1.29 is 27.1 Å². The van der Waals surface area contributed by atoms with E-state index in [9.17, 15) is 22.4 Å². The van der Waals surface area contributed by atoms with Crippen LogP contribution in [0.1, 0.15) is 30.5 Å². The molecule has 0 fully saturated rings. The number of aryl methyl sites for hydroxylation is 1. The molecule has 0 unspecified atom stereocenters. The molecule has 0 aliphatic heterocycles. The van der Waals surface area contributed by atoms with Crippen molar-refractivity contribution in [2.24, 2.45) is 0 Å². The van der Waals surface area contributed by atoms with Crippen molar-refractivity contribution in [3.63, 3.8) is 0 Å². The van der Waals surface area contributed by atoms with Crippen molar-refractivity contribution in [3.05, 3.63) is 89.4 Å². The Morgan fingerprint density at radius 2 is 1.67 bits per heavy atom. The Balaban J connectivity index is 1.83. The first kappa shape index (κ1) is 25.3. The first-order valence-corrected chi connectivity index (χ1v) is 11.6. The zero-order valence-corrected chi connectivity index (χ0v) is 20.2. The van der Waals surface area contributed by atoms with E-state index in [-0.39, 0.29) is 12.1 Å². The van der Waals surface area contributed by atoms with Crippen LogP contribution >= 0.6 is 0 Å². The van der Waals surface area contributed by atoms with Gasteiger partial charge in [0.2, 0.25) is 0 Å². The van der Waals surface area contributed by atoms with E-state index in [1.807, 2.05) is 45.0 Å². The van der Waals surface area contributed by atoms with Gasteiger partial charge in [-0.25, -0.2) is 9.18 Å². The predicted octanol–water partition coefficient (Wildman–Crippen LogP) is 7.66. The largest absolute Gasteiger partial charge is 0.416 e. The van der Waals surface area contributed by atoms with Gasteiger partial charge in [0.25, 0.3) is 0 Å². The first-order valence-electron chi connectivity index (χ1n) is 11.6. The third-order valence-electron chi connectivity index (χ3n) is 6.19. The van der Waals surface area contributed by atoms with Crippen molar-refractivity contribution >= 4 is 17.0 Å². The molecule has 0 saturated heterocycles. The van der Waals surface area contributed by atoms with E-state index in [2.05, 4.69) is 0 Å². The van der Waals surface area contributed by atoms with Crippen LogP contribution in [0, 0.1) is 12.7 Å². The molecule has 0 bridgehead atoms. The SMILES string of the molecule is CCN(CC)C(=O)Oc1ccc2c(ccn2Cc2ccc(F)cc2C(F)(F)F)c1-c1ccc(C)cc1. The molecule has 36 heavy (non-hydrogen) atoms. The summed E-state index contributed by atoms with van der Waals surface area (Å²) in [6.45, 7) is 6.56. The lowest BCUT2D eigenvalue weighted by atomic mass is 9.99. The molecule has 188 valence electrons. The van der Waals surface area contributed by atoms with Gasteiger partial charge in [0.05, 0.1) is 5.56 Å². The number of carbonyl (C=O) groups excluding carboxylic acids is 1. The van der Waals surface area contributed by atoms with Crippen molar-refractivity contribution in [2.45, 2.75) is 33.5 Å². The molecule has 0 N–H and O–H groups in total. The Morgan fingerprint density at radius 3 is 2.31 bits per heavy atom. The molecule has 8 heteroatoms. The average Bonchev–Trinajstić information content (AvgIpc) is 3.23. The number of aromatic nitrogens is 1. The summed E-state index contributed by atoms with van der Waals surface area (Å²) in [7, 11) is 0. The second kappa shape index (κ2) is 10.0. The highest BCUT2D eigenvalue weighted by atomic mass is 19.4. The maximum Gasteiger partial charge on any atom is 0.416 e. The number of hydrogen-bond donors (Lipinski definition) is 0. The topological polar surface area (TPSA) is 34.5 Å². The summed E-state index contributed by atoms with van der Waals surface area (Å²) in [5.41, 5.74) is 2.14. The quantitative estimate of drug-likeness (QED) is 0.256. The molecule has 3 aromatic carbocycles. The molecular formula is C28H26F4N2O2. The molecule has 4 nitrogen and oxygen atoms in total. The van der Waals surface area contributed by atoms with Gasteiger partial charge in [-0.15, -0.1) is 0 Å². The molecule has 0 spiro atoms. The fourth-order valence-corrected chi connectivity index (χ4v) is 4.27. The third-order valence-corrected chi connectivity index (χ3v) is 6.19. The van der Waals surface area contributed by atoms with Crippen LogP contribution in [0.15, 0.2) is 66.9 Å². The molecule has 1 amide bonds. The van der Waals surface area contributed by atoms with Crippen molar-refractivity contribution in [3.8, 4) is 16.9 Å². The zero-order valence-electron chi connectivity index (χ0n) is 20.2. The number of hydrogen-bond acceptors (Lipinski definition) is 2. The number of fused-ring (bicyclic) bond motifs is 1. The smallest absolute Gasteiger partial charge is 0.410 e. The molecule has 0 atom stereocenters. The van der Waals surface area contributed by atoms with Crippen LogP contribution < -0.4 is 4.74 Å². The van der Waals surface area contributed by atoms with E-state index >= 15 is 0 Å². The van der Waals surface area contributed by atoms with Crippen LogP contribution in [0.25, 0.3) is 22.0 Å². The highest BCUT2D eigenvalue weighted by Crippen LogP contribution is 2.39. The number of halogens is 4. The van der Waals surface area contributed by atoms with Crippen LogP contribution in [0.5, 0.6) is 5.75 Å². The number of amides is 1. The summed E-state index contributed by atoms with van der Waals surface area (Å²) in [6.07, 6.45) is -3.48. The molecule has 0 aliphatic rings. The molecule has 1 aromatic heterocycles. The molecule has 4 rings (SSSR count). The van der Waals surface area contributed by atoms with Gasteiger partial charge in [-0.3, -0.25) is 0 Å². The zero-order chi connectivity index (χ0) is 26.0. The van der Waals surface area contributed by atoms with E-state index in [1.165, 1.54) is 0 Å². The second-order valence-electron chi connectivity index (χ2n) is 8.52. The van der Waals surface area contributed by atoms with Gasteiger partial charge in [-0.1, -0.05) is 35.9 Å². The van der Waals surface area contributed by atoms with Gasteiger partial charge in [-0.05, 0) is 62.2 Å². The number of benzene rings is 3. The Kier molecular flexibility index (Phi) is 7.06. The Labute approximate surface area is 206 Å². The minimum absolute atomic E-state index is 0.0460. The number of carbonyl (C=O) groups is 1. The third kappa shape index (κ3) is 5.08. The lowest BCUT2D eigenvalue weighted by Crippen LogP contribution is -2.33. The summed E-state index contributed by atoms with van der Waals surface area (Å²) in [5, 5.41) is 0.722. The number of ether oxygens (including phenoxy) is 1. The highest BCUT2D eigenvalue weighted by Gasteiger charge is 2.34. The monoisotopic (exact) mass is 498 g/mol. The second-order valence-corrected chi connectivity index (χ2v) is 8.52. The van der Waals surface area contributed by atoms with Crippen LogP contribution in [-0.4, -0.2) is 28.6 Å². The standard InChI is InChI=1S/C28H26F4N2O2/c1-4-33(5-2)27(35)36-25-13-12-24-22(26(25)19-8-6-18(3)7-9-19)14-15-34(24)17-20-10-11-21(29)16-23(20)28(30,31)32/h6-16H,4-5,17H2,1-3H3. The normalized spacial score (nSPS) is 11.6. The van der Waals surface area contributed by atoms with E-state index in [0.717, 1.165) is 28.6 Å². The Bertz CT molecular complexity index is 1390. The number of rotatable bonds is 6. The van der Waals surface area contributed by atoms with Gasteiger partial charge < -0.3 is 14.2 Å². The van der Waals surface area contributed by atoms with E-state index in [1.54, 1.807) is 33.9 Å². The van der Waals surface area contributed by atoms with Crippen LogP contribution in [0.2, 0.25) is 0 Å². The molecule has 0 saturated carbocycles. The predicted molar refractivity (Wildman–Crippen MR) is 132 cm³/mol. The fourth-order valence-electron chi connectivity index (χ4n) is 4.27. The fraction of sp³-hybridized carbons (Fsp3) is 0.250. The lowest BCUT2D eigenvalue weighted by Gasteiger charge is -2.20. The minimum atomic E-state index is -4.68. The molecule has 1 heterocycles. The van der Waals surface area contributed by atoms with Gasteiger partial charge in [0.15, 0.2) is 0 Å². The minimum Gasteiger partial charge on any atom is -0.410 e. The van der Waals surface area contributed by atoms with Gasteiger partial charge in [0.1, 0.15) is 11.6 Å². The number of nitrogens with zero attached hydrogens (tertiary/aromatic N) is 2. The number of alkyl halides is 3. The highest BCUT2D eigenvalue weighted by molar-refractivity contribution is 5.99. The van der Waals surface area contributed by atoms with Crippen molar-refractivity contribution in [2.75, 3.05) is 13.1 Å². The summed E-state index contributed by atoms with van der Waals surface area (Å²) < 4.78 is 61.7. The van der Waals surface area contributed by atoms with E-state index in [4.69, 9.17) is 4.74 Å². The van der Waals surface area contributed by atoms with Crippen LogP contribution in [0.4, 0.5) is 22.4 Å². The molecule has 0 aliphatic carbocycles.